The normalized spacial score (nSPS) is 12.1. The number of rotatable bonds is 7. The molecular weight excluding hydrogens is 365 g/mol. The fourth-order valence-electron chi connectivity index (χ4n) is 2.12. The van der Waals surface area contributed by atoms with Gasteiger partial charge in [-0.15, -0.1) is 11.3 Å². The van der Waals surface area contributed by atoms with Gasteiger partial charge in [-0.2, -0.15) is 13.2 Å². The fraction of sp³-hybridized carbons (Fsp3) is 0.412. The number of ether oxygens (including phenoxy) is 1. The van der Waals surface area contributed by atoms with Crippen molar-refractivity contribution in [1.29, 1.82) is 0 Å². The molecule has 0 atom stereocenters. The van der Waals surface area contributed by atoms with E-state index in [1.807, 2.05) is 0 Å². The van der Waals surface area contributed by atoms with E-state index in [-0.39, 0.29) is 12.4 Å². The van der Waals surface area contributed by atoms with E-state index in [9.17, 15) is 13.2 Å². The Labute approximate surface area is 154 Å². The first-order chi connectivity index (χ1) is 12.4. The maximum atomic E-state index is 12.3. The number of halogens is 3. The first kappa shape index (κ1) is 20.0. The van der Waals surface area contributed by atoms with Gasteiger partial charge in [-0.3, -0.25) is 4.99 Å². The molecule has 142 valence electrons. The molecule has 0 saturated carbocycles. The molecule has 0 amide bonds. The second-order valence-electron chi connectivity index (χ2n) is 5.37. The van der Waals surface area contributed by atoms with Crippen LogP contribution in [0.1, 0.15) is 22.2 Å². The summed E-state index contributed by atoms with van der Waals surface area (Å²) < 4.78 is 41.8. The number of aryl methyl sites for hydroxylation is 1. The lowest BCUT2D eigenvalue weighted by molar-refractivity contribution is -0.154. The smallest absolute Gasteiger partial charge is 0.422 e. The molecule has 0 aromatic carbocycles. The molecule has 0 aliphatic heterocycles. The van der Waals surface area contributed by atoms with Gasteiger partial charge >= 0.3 is 6.18 Å². The molecule has 2 N–H and O–H groups in total. The summed E-state index contributed by atoms with van der Waals surface area (Å²) in [6, 6.07) is 7.46. The van der Waals surface area contributed by atoms with E-state index in [0.717, 1.165) is 6.42 Å². The zero-order valence-corrected chi connectivity index (χ0v) is 15.4. The lowest BCUT2D eigenvalue weighted by atomic mass is 10.2. The highest BCUT2D eigenvalue weighted by Crippen LogP contribution is 2.20. The van der Waals surface area contributed by atoms with E-state index in [2.05, 4.69) is 39.7 Å². The van der Waals surface area contributed by atoms with Crippen LogP contribution in [0.2, 0.25) is 0 Å². The maximum Gasteiger partial charge on any atom is 0.422 e. The third-order valence-electron chi connectivity index (χ3n) is 3.39. The van der Waals surface area contributed by atoms with Crippen LogP contribution < -0.4 is 15.4 Å². The molecule has 9 heteroatoms. The highest BCUT2D eigenvalue weighted by Gasteiger charge is 2.29. The lowest BCUT2D eigenvalue weighted by Gasteiger charge is -2.14. The summed E-state index contributed by atoms with van der Waals surface area (Å²) >= 11 is 1.73. The Balaban J connectivity index is 1.89. The molecule has 26 heavy (non-hydrogen) atoms. The van der Waals surface area contributed by atoms with Gasteiger partial charge in [0.2, 0.25) is 5.88 Å². The average Bonchev–Trinajstić information content (AvgIpc) is 3.08. The molecule has 0 bridgehead atoms. The number of thiophene rings is 1. The summed E-state index contributed by atoms with van der Waals surface area (Å²) in [7, 11) is 1.63. The van der Waals surface area contributed by atoms with Gasteiger partial charge in [0.25, 0.3) is 0 Å². The zero-order chi connectivity index (χ0) is 19.0. The molecule has 0 fully saturated rings. The first-order valence-electron chi connectivity index (χ1n) is 8.07. The minimum Gasteiger partial charge on any atom is -0.468 e. The summed E-state index contributed by atoms with van der Waals surface area (Å²) in [5.74, 6) is 0.501. The number of pyridine rings is 1. The third-order valence-corrected chi connectivity index (χ3v) is 4.62. The van der Waals surface area contributed by atoms with Crippen LogP contribution in [0.4, 0.5) is 13.2 Å². The lowest BCUT2D eigenvalue weighted by Crippen LogP contribution is -2.36. The highest BCUT2D eigenvalue weighted by molar-refractivity contribution is 7.11. The summed E-state index contributed by atoms with van der Waals surface area (Å²) in [5, 5.41) is 6.23. The van der Waals surface area contributed by atoms with Crippen LogP contribution in [-0.4, -0.2) is 30.8 Å². The van der Waals surface area contributed by atoms with Crippen LogP contribution in [0.15, 0.2) is 35.5 Å². The molecule has 0 spiro atoms. The maximum absolute atomic E-state index is 12.3. The van der Waals surface area contributed by atoms with Crippen LogP contribution in [-0.2, 0) is 19.5 Å². The van der Waals surface area contributed by atoms with Crippen molar-refractivity contribution in [2.75, 3.05) is 13.7 Å². The fourth-order valence-corrected chi connectivity index (χ4v) is 3.01. The quantitative estimate of drug-likeness (QED) is 0.565. The Hall–Kier alpha value is -2.29. The van der Waals surface area contributed by atoms with Crippen LogP contribution in [0.25, 0.3) is 0 Å². The van der Waals surface area contributed by atoms with Gasteiger partial charge in [-0.25, -0.2) is 4.98 Å². The van der Waals surface area contributed by atoms with Gasteiger partial charge in [-0.1, -0.05) is 13.0 Å². The monoisotopic (exact) mass is 386 g/mol. The second-order valence-corrected chi connectivity index (χ2v) is 6.63. The van der Waals surface area contributed by atoms with Crippen LogP contribution in [0, 0.1) is 0 Å². The van der Waals surface area contributed by atoms with Crippen molar-refractivity contribution in [2.45, 2.75) is 32.6 Å². The zero-order valence-electron chi connectivity index (χ0n) is 14.6. The third kappa shape index (κ3) is 6.55. The molecular formula is C17H21F3N4OS. The standard InChI is InChI=1S/C17H21F3N4OS/c1-3-13-6-7-14(26-13)10-24-16(21-2)23-9-12-5-4-8-22-15(12)25-11-17(18,19)20/h4-8H,3,9-11H2,1-2H3,(H2,21,23,24). The molecule has 0 saturated heterocycles. The highest BCUT2D eigenvalue weighted by atomic mass is 32.1. The van der Waals surface area contributed by atoms with Crippen molar-refractivity contribution >= 4 is 17.3 Å². The minimum atomic E-state index is -4.40. The largest absolute Gasteiger partial charge is 0.468 e. The molecule has 0 aliphatic rings. The SMILES string of the molecule is CCc1ccc(CNC(=NC)NCc2cccnc2OCC(F)(F)F)s1. The Morgan fingerprint density at radius 2 is 1.92 bits per heavy atom. The van der Waals surface area contributed by atoms with Crippen molar-refractivity contribution < 1.29 is 17.9 Å². The molecule has 0 radical (unpaired) electrons. The summed E-state index contributed by atoms with van der Waals surface area (Å²) in [6.07, 6.45) is -2.01. The predicted molar refractivity (Wildman–Crippen MR) is 96.5 cm³/mol. The molecule has 0 unspecified atom stereocenters. The average molecular weight is 386 g/mol. The van der Waals surface area contributed by atoms with Crippen molar-refractivity contribution in [3.8, 4) is 5.88 Å². The summed E-state index contributed by atoms with van der Waals surface area (Å²) in [6.45, 7) is 1.60. The summed E-state index contributed by atoms with van der Waals surface area (Å²) in [4.78, 5) is 10.5. The number of alkyl halides is 3. The Bertz CT molecular complexity index is 731. The van der Waals surface area contributed by atoms with E-state index in [0.29, 0.717) is 18.1 Å². The van der Waals surface area contributed by atoms with E-state index in [1.54, 1.807) is 30.5 Å². The van der Waals surface area contributed by atoms with Crippen LogP contribution >= 0.6 is 11.3 Å². The van der Waals surface area contributed by atoms with E-state index in [4.69, 9.17) is 4.74 Å². The number of hydrogen-bond acceptors (Lipinski definition) is 4. The summed E-state index contributed by atoms with van der Waals surface area (Å²) in [5.41, 5.74) is 0.518. The van der Waals surface area contributed by atoms with Crippen LogP contribution in [0.5, 0.6) is 5.88 Å². The number of guanidine groups is 1. The first-order valence-corrected chi connectivity index (χ1v) is 8.88. The van der Waals surface area contributed by atoms with Crippen LogP contribution in [0.3, 0.4) is 0 Å². The molecule has 2 heterocycles. The number of nitrogens with zero attached hydrogens (tertiary/aromatic N) is 2. The Kier molecular flexibility index (Phi) is 7.26. The molecule has 0 aliphatic carbocycles. The van der Waals surface area contributed by atoms with E-state index in [1.165, 1.54) is 16.0 Å². The molecule has 2 aromatic rings. The van der Waals surface area contributed by atoms with Crippen molar-refractivity contribution in [1.82, 2.24) is 15.6 Å². The van der Waals surface area contributed by atoms with Crippen molar-refractivity contribution in [2.24, 2.45) is 4.99 Å². The van der Waals surface area contributed by atoms with Crippen molar-refractivity contribution in [3.05, 3.63) is 45.8 Å². The van der Waals surface area contributed by atoms with Gasteiger partial charge in [0.15, 0.2) is 12.6 Å². The minimum absolute atomic E-state index is 0.0429. The van der Waals surface area contributed by atoms with E-state index < -0.39 is 12.8 Å². The number of aliphatic imine (C=N–C) groups is 1. The molecule has 2 aromatic heterocycles. The second kappa shape index (κ2) is 9.42. The topological polar surface area (TPSA) is 58.5 Å². The number of aromatic nitrogens is 1. The van der Waals surface area contributed by atoms with Crippen molar-refractivity contribution in [3.63, 3.8) is 0 Å². The van der Waals surface area contributed by atoms with Gasteiger partial charge in [0, 0.05) is 35.1 Å². The van der Waals surface area contributed by atoms with Gasteiger partial charge in [0.1, 0.15) is 0 Å². The van der Waals surface area contributed by atoms with E-state index >= 15 is 0 Å². The van der Waals surface area contributed by atoms with Gasteiger partial charge in [-0.05, 0) is 24.6 Å². The number of nitrogens with one attached hydrogen (secondary N) is 2. The molecule has 5 nitrogen and oxygen atoms in total. The molecule has 2 rings (SSSR count). The Morgan fingerprint density at radius 3 is 2.58 bits per heavy atom. The van der Waals surface area contributed by atoms with Gasteiger partial charge < -0.3 is 15.4 Å². The number of hydrogen-bond donors (Lipinski definition) is 2. The van der Waals surface area contributed by atoms with Gasteiger partial charge in [0.05, 0.1) is 6.54 Å². The predicted octanol–water partition coefficient (Wildman–Crippen LogP) is 3.51. The Morgan fingerprint density at radius 1 is 1.19 bits per heavy atom.